The third-order valence-corrected chi connectivity index (χ3v) is 3.16. The van der Waals surface area contributed by atoms with Gasteiger partial charge in [0.15, 0.2) is 16.8 Å². The van der Waals surface area contributed by atoms with Gasteiger partial charge in [0, 0.05) is 17.7 Å². The second kappa shape index (κ2) is 5.72. The number of nitro benzene ring substituents is 1. The maximum atomic E-state index is 11.9. The van der Waals surface area contributed by atoms with Gasteiger partial charge in [-0.25, -0.2) is 9.78 Å². The summed E-state index contributed by atoms with van der Waals surface area (Å²) in [5.41, 5.74) is -0.838. The summed E-state index contributed by atoms with van der Waals surface area (Å²) in [6, 6.07) is 12.6. The van der Waals surface area contributed by atoms with Gasteiger partial charge in [-0.15, -0.1) is 0 Å². The Bertz CT molecular complexity index is 977. The molecule has 0 aliphatic heterocycles. The molecule has 0 fully saturated rings. The van der Waals surface area contributed by atoms with Gasteiger partial charge in [-0.05, 0) is 6.07 Å². The Morgan fingerprint density at radius 3 is 2.61 bits per heavy atom. The van der Waals surface area contributed by atoms with Gasteiger partial charge in [0.1, 0.15) is 5.76 Å². The van der Waals surface area contributed by atoms with Crippen molar-refractivity contribution in [1.82, 2.24) is 4.98 Å². The first kappa shape index (κ1) is 14.5. The number of rotatable bonds is 3. The van der Waals surface area contributed by atoms with Gasteiger partial charge in [0.2, 0.25) is 0 Å². The topological polar surface area (TPSA) is 106 Å². The second-order valence-electron chi connectivity index (χ2n) is 4.66. The average Bonchev–Trinajstić information content (AvgIpc) is 2.55. The maximum Gasteiger partial charge on any atom is 0.362 e. The van der Waals surface area contributed by atoms with Gasteiger partial charge in [-0.3, -0.25) is 10.1 Å². The number of hydrogen-bond donors (Lipinski definition) is 1. The maximum absolute atomic E-state index is 11.9. The van der Waals surface area contributed by atoms with E-state index in [0.717, 1.165) is 6.08 Å². The highest BCUT2D eigenvalue weighted by molar-refractivity contribution is 5.84. The van der Waals surface area contributed by atoms with Crippen LogP contribution in [0.25, 0.3) is 22.9 Å². The molecule has 0 saturated carbocycles. The molecule has 1 heterocycles. The van der Waals surface area contributed by atoms with E-state index in [4.69, 9.17) is 4.42 Å². The van der Waals surface area contributed by atoms with Gasteiger partial charge in [0.25, 0.3) is 5.69 Å². The molecule has 114 valence electrons. The summed E-state index contributed by atoms with van der Waals surface area (Å²) in [7, 11) is 0. The molecule has 3 aromatic rings. The Kier molecular flexibility index (Phi) is 3.60. The summed E-state index contributed by atoms with van der Waals surface area (Å²) in [6.07, 6.45) is 1.12. The number of non-ortho nitro benzene ring substituents is 1. The van der Waals surface area contributed by atoms with E-state index in [-0.39, 0.29) is 28.2 Å². The minimum Gasteiger partial charge on any atom is -0.507 e. The van der Waals surface area contributed by atoms with Crippen LogP contribution in [0.5, 0.6) is 0 Å². The number of fused-ring (bicyclic) bond motifs is 1. The van der Waals surface area contributed by atoms with E-state index in [1.165, 1.54) is 18.2 Å². The molecule has 0 aliphatic rings. The normalized spacial score (nSPS) is 11.6. The third-order valence-electron chi connectivity index (χ3n) is 3.16. The number of benzene rings is 2. The quantitative estimate of drug-likeness (QED) is 0.452. The van der Waals surface area contributed by atoms with Gasteiger partial charge in [-0.1, -0.05) is 36.4 Å². The fraction of sp³-hybridized carbons (Fsp3) is 0. The zero-order chi connectivity index (χ0) is 16.4. The lowest BCUT2D eigenvalue weighted by molar-refractivity contribution is -0.383. The molecule has 3 rings (SSSR count). The van der Waals surface area contributed by atoms with Crippen LogP contribution in [0.1, 0.15) is 11.3 Å². The highest BCUT2D eigenvalue weighted by Gasteiger charge is 2.16. The summed E-state index contributed by atoms with van der Waals surface area (Å²) in [5.74, 6) is -0.191. The van der Waals surface area contributed by atoms with E-state index in [1.807, 2.05) is 0 Å². The van der Waals surface area contributed by atoms with Gasteiger partial charge < -0.3 is 9.52 Å². The predicted molar refractivity (Wildman–Crippen MR) is 83.9 cm³/mol. The molecule has 0 bridgehead atoms. The van der Waals surface area contributed by atoms with Crippen molar-refractivity contribution in [2.75, 3.05) is 0 Å². The highest BCUT2D eigenvalue weighted by atomic mass is 16.6. The van der Waals surface area contributed by atoms with E-state index in [9.17, 15) is 20.0 Å². The molecular formula is C16H10N2O5. The number of aliphatic hydroxyl groups is 1. The molecule has 0 radical (unpaired) electrons. The number of nitro groups is 1. The van der Waals surface area contributed by atoms with Crippen LogP contribution >= 0.6 is 0 Å². The van der Waals surface area contributed by atoms with Crippen LogP contribution in [0.2, 0.25) is 0 Å². The highest BCUT2D eigenvalue weighted by Crippen LogP contribution is 2.23. The SMILES string of the molecule is O=c1oc2cccc([N+](=O)[O-])c2nc1/C=C(\O)c1ccccc1. The van der Waals surface area contributed by atoms with Gasteiger partial charge in [-0.2, -0.15) is 0 Å². The fourth-order valence-electron chi connectivity index (χ4n) is 2.08. The molecule has 0 spiro atoms. The Balaban J connectivity index is 2.18. The number of aromatic nitrogens is 1. The molecule has 1 N–H and O–H groups in total. The summed E-state index contributed by atoms with van der Waals surface area (Å²) in [6.45, 7) is 0. The number of aliphatic hydroxyl groups excluding tert-OH is 1. The van der Waals surface area contributed by atoms with Crippen molar-refractivity contribution < 1.29 is 14.4 Å². The van der Waals surface area contributed by atoms with Crippen LogP contribution in [-0.4, -0.2) is 15.0 Å². The first-order valence-corrected chi connectivity index (χ1v) is 6.60. The molecular weight excluding hydrogens is 300 g/mol. The molecule has 0 unspecified atom stereocenters. The van der Waals surface area contributed by atoms with Crippen molar-refractivity contribution in [2.24, 2.45) is 0 Å². The Morgan fingerprint density at radius 2 is 1.91 bits per heavy atom. The number of hydrogen-bond acceptors (Lipinski definition) is 6. The van der Waals surface area contributed by atoms with Crippen molar-refractivity contribution in [2.45, 2.75) is 0 Å². The smallest absolute Gasteiger partial charge is 0.362 e. The molecule has 0 atom stereocenters. The number of para-hydroxylation sites is 1. The second-order valence-corrected chi connectivity index (χ2v) is 4.66. The van der Waals surface area contributed by atoms with Crippen molar-refractivity contribution in [3.8, 4) is 0 Å². The van der Waals surface area contributed by atoms with Crippen molar-refractivity contribution >= 4 is 28.6 Å². The van der Waals surface area contributed by atoms with Crippen LogP contribution in [0, 0.1) is 10.1 Å². The Labute approximate surface area is 129 Å². The summed E-state index contributed by atoms with van der Waals surface area (Å²) >= 11 is 0. The predicted octanol–water partition coefficient (Wildman–Crippen LogP) is 3.15. The largest absolute Gasteiger partial charge is 0.507 e. The lowest BCUT2D eigenvalue weighted by atomic mass is 10.1. The van der Waals surface area contributed by atoms with Crippen LogP contribution in [0.15, 0.2) is 57.7 Å². The van der Waals surface area contributed by atoms with Gasteiger partial charge >= 0.3 is 5.63 Å². The van der Waals surface area contributed by atoms with Crippen LogP contribution in [-0.2, 0) is 0 Å². The van der Waals surface area contributed by atoms with E-state index in [2.05, 4.69) is 4.98 Å². The summed E-state index contributed by atoms with van der Waals surface area (Å²) < 4.78 is 5.04. The van der Waals surface area contributed by atoms with E-state index in [0.29, 0.717) is 5.56 Å². The monoisotopic (exact) mass is 310 g/mol. The molecule has 1 aromatic heterocycles. The first-order chi connectivity index (χ1) is 11.1. The average molecular weight is 310 g/mol. The zero-order valence-electron chi connectivity index (χ0n) is 11.7. The molecule has 0 amide bonds. The van der Waals surface area contributed by atoms with Crippen molar-refractivity contribution in [3.05, 3.63) is 80.3 Å². The summed E-state index contributed by atoms with van der Waals surface area (Å²) in [4.78, 5) is 26.3. The molecule has 7 nitrogen and oxygen atoms in total. The van der Waals surface area contributed by atoms with E-state index in [1.54, 1.807) is 30.3 Å². The van der Waals surface area contributed by atoms with Crippen LogP contribution in [0.3, 0.4) is 0 Å². The van der Waals surface area contributed by atoms with Crippen LogP contribution < -0.4 is 5.63 Å². The molecule has 7 heteroatoms. The van der Waals surface area contributed by atoms with Crippen molar-refractivity contribution in [1.29, 1.82) is 0 Å². The van der Waals surface area contributed by atoms with E-state index >= 15 is 0 Å². The van der Waals surface area contributed by atoms with Crippen molar-refractivity contribution in [3.63, 3.8) is 0 Å². The fourth-order valence-corrected chi connectivity index (χ4v) is 2.08. The molecule has 0 aliphatic carbocycles. The lowest BCUT2D eigenvalue weighted by Gasteiger charge is -2.01. The Morgan fingerprint density at radius 1 is 1.17 bits per heavy atom. The minimum absolute atomic E-state index is 0.0144. The number of nitrogens with zero attached hydrogens (tertiary/aromatic N) is 2. The Hall–Kier alpha value is -3.48. The van der Waals surface area contributed by atoms with Crippen LogP contribution in [0.4, 0.5) is 5.69 Å². The minimum atomic E-state index is -0.791. The van der Waals surface area contributed by atoms with E-state index < -0.39 is 10.5 Å². The molecule has 0 saturated heterocycles. The first-order valence-electron chi connectivity index (χ1n) is 6.60. The van der Waals surface area contributed by atoms with Gasteiger partial charge in [0.05, 0.1) is 4.92 Å². The lowest BCUT2D eigenvalue weighted by Crippen LogP contribution is -2.07. The summed E-state index contributed by atoms with van der Waals surface area (Å²) in [5, 5.41) is 21.1. The third kappa shape index (κ3) is 2.80. The molecule has 23 heavy (non-hydrogen) atoms. The molecule has 2 aromatic carbocycles. The zero-order valence-corrected chi connectivity index (χ0v) is 11.7. The standard InChI is InChI=1S/C16H10N2O5/c19-13(10-5-2-1-3-6-10)9-11-16(20)23-14-8-4-7-12(18(21)22)15(14)17-11/h1-9,19H/b13-9-.